The highest BCUT2D eigenvalue weighted by Gasteiger charge is 2.23. The summed E-state index contributed by atoms with van der Waals surface area (Å²) in [7, 11) is -3.01. The molecule has 0 amide bonds. The molecule has 1 N–H and O–H groups in total. The minimum Gasteiger partial charge on any atom is -0.303 e. The van der Waals surface area contributed by atoms with E-state index in [1.807, 2.05) is 12.1 Å². The smallest absolute Gasteiger partial charge is 0.178 e. The normalized spacial score (nSPS) is 18.1. The summed E-state index contributed by atoms with van der Waals surface area (Å²) in [5, 5.41) is 3.16. The molecule has 3 nitrogen and oxygen atoms in total. The Morgan fingerprint density at radius 3 is 2.94 bits per heavy atom. The monoisotopic (exact) mass is 303 g/mol. The molecule has 1 aromatic rings. The Morgan fingerprint density at radius 1 is 1.38 bits per heavy atom. The van der Waals surface area contributed by atoms with Crippen molar-refractivity contribution in [3.05, 3.63) is 29.3 Å². The highest BCUT2D eigenvalue weighted by Crippen LogP contribution is 2.25. The lowest BCUT2D eigenvalue weighted by atomic mass is 10.1. The average molecular weight is 304 g/mol. The van der Waals surface area contributed by atoms with Crippen LogP contribution in [-0.2, 0) is 22.8 Å². The summed E-state index contributed by atoms with van der Waals surface area (Å²) in [6.45, 7) is 0.762. The zero-order valence-corrected chi connectivity index (χ0v) is 11.3. The third kappa shape index (κ3) is 2.47. The number of alkyl halides is 1. The molecule has 16 heavy (non-hydrogen) atoms. The van der Waals surface area contributed by atoms with Crippen LogP contribution in [0.5, 0.6) is 0 Å². The van der Waals surface area contributed by atoms with Crippen LogP contribution >= 0.6 is 15.9 Å². The van der Waals surface area contributed by atoms with Gasteiger partial charge < -0.3 is 5.32 Å². The molecule has 5 heteroatoms. The van der Waals surface area contributed by atoms with Crippen molar-refractivity contribution >= 4 is 25.8 Å². The Labute approximate surface area is 104 Å². The fourth-order valence-electron chi connectivity index (χ4n) is 2.00. The van der Waals surface area contributed by atoms with Gasteiger partial charge in [-0.1, -0.05) is 28.1 Å². The van der Waals surface area contributed by atoms with Gasteiger partial charge in [-0.05, 0) is 30.0 Å². The average Bonchev–Trinajstić information content (AvgIpc) is 2.25. The molecule has 0 saturated carbocycles. The van der Waals surface area contributed by atoms with Crippen LogP contribution in [0.25, 0.3) is 0 Å². The third-order valence-electron chi connectivity index (χ3n) is 2.74. The largest absolute Gasteiger partial charge is 0.303 e. The van der Waals surface area contributed by atoms with E-state index in [0.717, 1.165) is 36.0 Å². The molecule has 0 saturated heterocycles. The van der Waals surface area contributed by atoms with Gasteiger partial charge in [-0.15, -0.1) is 0 Å². The quantitative estimate of drug-likeness (QED) is 0.685. The summed E-state index contributed by atoms with van der Waals surface area (Å²) in [5.41, 5.74) is 2.85. The van der Waals surface area contributed by atoms with Crippen LogP contribution in [0.2, 0.25) is 0 Å². The lowest BCUT2D eigenvalue weighted by molar-refractivity contribution is 0.586. The number of hydrogen-bond donors (Lipinski definition) is 1. The fourth-order valence-corrected chi connectivity index (χ4v) is 3.77. The number of benzene rings is 1. The molecule has 1 aromatic carbocycles. The molecule has 0 atom stereocenters. The van der Waals surface area contributed by atoms with Crippen molar-refractivity contribution in [1.82, 2.24) is 5.32 Å². The molecule has 0 radical (unpaired) electrons. The van der Waals surface area contributed by atoms with E-state index >= 15 is 0 Å². The second kappa shape index (κ2) is 4.85. The SMILES string of the molecule is O=S1(=O)CCCc2cc(CNCBr)ccc21. The van der Waals surface area contributed by atoms with Gasteiger partial charge in [-0.2, -0.15) is 0 Å². The topological polar surface area (TPSA) is 46.2 Å². The Kier molecular flexibility index (Phi) is 3.66. The minimum atomic E-state index is -3.01. The summed E-state index contributed by atoms with van der Waals surface area (Å²) >= 11 is 3.29. The molecule has 0 aliphatic carbocycles. The van der Waals surface area contributed by atoms with Gasteiger partial charge in [0.25, 0.3) is 0 Å². The van der Waals surface area contributed by atoms with E-state index in [2.05, 4.69) is 21.2 Å². The van der Waals surface area contributed by atoms with Crippen LogP contribution in [0.4, 0.5) is 0 Å². The highest BCUT2D eigenvalue weighted by molar-refractivity contribution is 9.09. The summed E-state index contributed by atoms with van der Waals surface area (Å²) in [4.78, 5) is 0.529. The molecule has 0 bridgehead atoms. The number of aryl methyl sites for hydroxylation is 1. The van der Waals surface area contributed by atoms with E-state index in [1.165, 1.54) is 0 Å². The maximum absolute atomic E-state index is 11.8. The Balaban J connectivity index is 2.32. The first-order chi connectivity index (χ1) is 7.63. The van der Waals surface area contributed by atoms with Crippen LogP contribution in [-0.4, -0.2) is 19.6 Å². The summed E-state index contributed by atoms with van der Waals surface area (Å²) in [5.74, 6) is 0.291. The molecule has 0 unspecified atom stereocenters. The van der Waals surface area contributed by atoms with E-state index in [4.69, 9.17) is 0 Å². The van der Waals surface area contributed by atoms with Crippen molar-refractivity contribution in [1.29, 1.82) is 0 Å². The summed E-state index contributed by atoms with van der Waals surface area (Å²) in [6, 6.07) is 5.63. The number of halogens is 1. The Morgan fingerprint density at radius 2 is 2.19 bits per heavy atom. The third-order valence-corrected chi connectivity index (χ3v) is 5.03. The van der Waals surface area contributed by atoms with Crippen LogP contribution in [0, 0.1) is 0 Å². The Hall–Kier alpha value is -0.390. The second-order valence-electron chi connectivity index (χ2n) is 3.92. The van der Waals surface area contributed by atoms with Gasteiger partial charge in [0.05, 0.1) is 16.1 Å². The predicted molar refractivity (Wildman–Crippen MR) is 67.4 cm³/mol. The molecule has 1 heterocycles. The molecule has 0 spiro atoms. The van der Waals surface area contributed by atoms with Crippen molar-refractivity contribution in [3.8, 4) is 0 Å². The lowest BCUT2D eigenvalue weighted by Crippen LogP contribution is -2.17. The number of hydrogen-bond acceptors (Lipinski definition) is 3. The van der Waals surface area contributed by atoms with E-state index in [-0.39, 0.29) is 0 Å². The number of nitrogens with one attached hydrogen (secondary N) is 1. The molecular weight excluding hydrogens is 290 g/mol. The number of fused-ring (bicyclic) bond motifs is 1. The van der Waals surface area contributed by atoms with E-state index < -0.39 is 9.84 Å². The van der Waals surface area contributed by atoms with Gasteiger partial charge in [0.2, 0.25) is 0 Å². The van der Waals surface area contributed by atoms with Gasteiger partial charge >= 0.3 is 0 Å². The van der Waals surface area contributed by atoms with Crippen molar-refractivity contribution in [3.63, 3.8) is 0 Å². The standard InChI is InChI=1S/C11H14BrNO2S/c12-8-13-7-9-3-4-11-10(6-9)2-1-5-16(11,14)15/h3-4,6,13H,1-2,5,7-8H2. The van der Waals surface area contributed by atoms with E-state index in [1.54, 1.807) is 6.07 Å². The lowest BCUT2D eigenvalue weighted by Gasteiger charge is -2.17. The first-order valence-electron chi connectivity index (χ1n) is 5.25. The van der Waals surface area contributed by atoms with Crippen LogP contribution in [0.15, 0.2) is 23.1 Å². The van der Waals surface area contributed by atoms with Crippen LogP contribution < -0.4 is 5.32 Å². The Bertz CT molecular complexity index is 485. The number of sulfone groups is 1. The molecular formula is C11H14BrNO2S. The van der Waals surface area contributed by atoms with Gasteiger partial charge in [0.15, 0.2) is 9.84 Å². The predicted octanol–water partition coefficient (Wildman–Crippen LogP) is 1.85. The first-order valence-corrected chi connectivity index (χ1v) is 8.02. The summed E-state index contributed by atoms with van der Waals surface area (Å²) < 4.78 is 23.6. The fraction of sp³-hybridized carbons (Fsp3) is 0.455. The zero-order chi connectivity index (χ0) is 11.6. The van der Waals surface area contributed by atoms with Gasteiger partial charge in [0, 0.05) is 6.54 Å². The maximum atomic E-state index is 11.8. The first kappa shape index (κ1) is 12.1. The van der Waals surface area contributed by atoms with Crippen molar-refractivity contribution in [2.75, 3.05) is 11.2 Å². The van der Waals surface area contributed by atoms with Crippen molar-refractivity contribution in [2.45, 2.75) is 24.3 Å². The molecule has 1 aliphatic heterocycles. The molecule has 0 fully saturated rings. The molecule has 88 valence electrons. The number of rotatable bonds is 3. The van der Waals surface area contributed by atoms with Gasteiger partial charge in [-0.3, -0.25) is 0 Å². The summed E-state index contributed by atoms with van der Waals surface area (Å²) in [6.07, 6.45) is 1.61. The van der Waals surface area contributed by atoms with Gasteiger partial charge in [-0.25, -0.2) is 8.42 Å². The minimum absolute atomic E-state index is 0.291. The van der Waals surface area contributed by atoms with Crippen LogP contribution in [0.1, 0.15) is 17.5 Å². The van der Waals surface area contributed by atoms with E-state index in [0.29, 0.717) is 10.6 Å². The second-order valence-corrected chi connectivity index (χ2v) is 6.56. The molecule has 1 aliphatic rings. The van der Waals surface area contributed by atoms with Gasteiger partial charge in [0.1, 0.15) is 0 Å². The zero-order valence-electron chi connectivity index (χ0n) is 8.87. The van der Waals surface area contributed by atoms with E-state index in [9.17, 15) is 8.42 Å². The van der Waals surface area contributed by atoms with Crippen LogP contribution in [0.3, 0.4) is 0 Å². The van der Waals surface area contributed by atoms with Crippen molar-refractivity contribution in [2.24, 2.45) is 0 Å². The maximum Gasteiger partial charge on any atom is 0.178 e. The molecule has 0 aromatic heterocycles. The highest BCUT2D eigenvalue weighted by atomic mass is 79.9. The van der Waals surface area contributed by atoms with Crippen molar-refractivity contribution < 1.29 is 8.42 Å². The molecule has 2 rings (SSSR count).